The van der Waals surface area contributed by atoms with Crippen molar-refractivity contribution in [2.75, 3.05) is 19.1 Å². The number of thioether (sulfide) groups is 1. The van der Waals surface area contributed by atoms with Gasteiger partial charge in [-0.2, -0.15) is 11.8 Å². The molecule has 0 saturated heterocycles. The third-order valence-electron chi connectivity index (χ3n) is 2.22. The Balaban J connectivity index is 2.62. The molecule has 1 rings (SSSR count). The summed E-state index contributed by atoms with van der Waals surface area (Å²) < 4.78 is 9.84. The van der Waals surface area contributed by atoms with E-state index >= 15 is 0 Å². The molecule has 0 saturated carbocycles. The second-order valence-corrected chi connectivity index (χ2v) is 4.45. The number of methoxy groups -OCH3 is 1. The Hall–Kier alpha value is -1.63. The fraction of sp³-hybridized carbons (Fsp3) is 0.455. The van der Waals surface area contributed by atoms with Crippen LogP contribution in [-0.2, 0) is 4.79 Å². The molecule has 2 N–H and O–H groups in total. The predicted octanol–water partition coefficient (Wildman–Crippen LogP) is 1.22. The molecule has 1 aromatic heterocycles. The van der Waals surface area contributed by atoms with Crippen molar-refractivity contribution in [3.05, 3.63) is 17.9 Å². The van der Waals surface area contributed by atoms with Crippen LogP contribution in [0.25, 0.3) is 0 Å². The van der Waals surface area contributed by atoms with Gasteiger partial charge in [-0.3, -0.25) is 4.79 Å². The molecule has 0 spiro atoms. The smallest absolute Gasteiger partial charge is 0.326 e. The zero-order valence-corrected chi connectivity index (χ0v) is 11.0. The number of ether oxygens (including phenoxy) is 1. The fourth-order valence-electron chi connectivity index (χ4n) is 1.27. The number of hydrogen-bond donors (Lipinski definition) is 2. The van der Waals surface area contributed by atoms with E-state index in [9.17, 15) is 9.59 Å². The van der Waals surface area contributed by atoms with Crippen LogP contribution in [0.4, 0.5) is 0 Å². The first-order chi connectivity index (χ1) is 8.58. The lowest BCUT2D eigenvalue weighted by Crippen LogP contribution is -2.41. The first-order valence-electron chi connectivity index (χ1n) is 5.25. The number of amides is 1. The van der Waals surface area contributed by atoms with Crippen molar-refractivity contribution in [2.24, 2.45) is 0 Å². The van der Waals surface area contributed by atoms with Gasteiger partial charge in [0.05, 0.1) is 7.11 Å². The average Bonchev–Trinajstić information content (AvgIpc) is 2.82. The maximum atomic E-state index is 11.7. The third-order valence-corrected chi connectivity index (χ3v) is 2.86. The van der Waals surface area contributed by atoms with Crippen LogP contribution in [-0.4, -0.2) is 42.1 Å². The van der Waals surface area contributed by atoms with Gasteiger partial charge in [-0.25, -0.2) is 4.79 Å². The highest BCUT2D eigenvalue weighted by molar-refractivity contribution is 7.98. The highest BCUT2D eigenvalue weighted by Crippen LogP contribution is 2.15. The van der Waals surface area contributed by atoms with E-state index < -0.39 is 17.9 Å². The van der Waals surface area contributed by atoms with Crippen LogP contribution in [0, 0.1) is 0 Å². The van der Waals surface area contributed by atoms with Crippen LogP contribution < -0.4 is 10.1 Å². The number of carbonyl (C=O) groups is 2. The Kier molecular flexibility index (Phi) is 5.57. The van der Waals surface area contributed by atoms with Gasteiger partial charge in [0.25, 0.3) is 11.9 Å². The van der Waals surface area contributed by atoms with E-state index in [0.29, 0.717) is 12.2 Å². The van der Waals surface area contributed by atoms with Gasteiger partial charge >= 0.3 is 5.97 Å². The highest BCUT2D eigenvalue weighted by Gasteiger charge is 2.21. The predicted molar refractivity (Wildman–Crippen MR) is 67.1 cm³/mol. The maximum Gasteiger partial charge on any atom is 0.326 e. The van der Waals surface area contributed by atoms with Gasteiger partial charge in [0.15, 0.2) is 5.76 Å². The first kappa shape index (κ1) is 14.4. The lowest BCUT2D eigenvalue weighted by molar-refractivity contribution is -0.139. The van der Waals surface area contributed by atoms with Crippen molar-refractivity contribution in [2.45, 2.75) is 12.5 Å². The van der Waals surface area contributed by atoms with Crippen LogP contribution in [0.2, 0.25) is 0 Å². The molecule has 100 valence electrons. The molecule has 7 heteroatoms. The van der Waals surface area contributed by atoms with Crippen molar-refractivity contribution < 1.29 is 23.8 Å². The van der Waals surface area contributed by atoms with Crippen LogP contribution in [0.1, 0.15) is 17.0 Å². The molecular weight excluding hydrogens is 258 g/mol. The molecule has 1 atom stereocenters. The zero-order chi connectivity index (χ0) is 13.5. The second-order valence-electron chi connectivity index (χ2n) is 3.47. The number of carboxylic acids is 1. The molecule has 0 bridgehead atoms. The van der Waals surface area contributed by atoms with Crippen LogP contribution in [0.5, 0.6) is 5.95 Å². The molecule has 0 aliphatic rings. The number of nitrogens with one attached hydrogen (secondary N) is 1. The van der Waals surface area contributed by atoms with E-state index in [1.165, 1.54) is 31.0 Å². The van der Waals surface area contributed by atoms with Crippen molar-refractivity contribution >= 4 is 23.6 Å². The van der Waals surface area contributed by atoms with E-state index in [2.05, 4.69) is 5.32 Å². The van der Waals surface area contributed by atoms with Crippen molar-refractivity contribution in [3.63, 3.8) is 0 Å². The molecule has 0 aliphatic carbocycles. The fourth-order valence-corrected chi connectivity index (χ4v) is 1.75. The summed E-state index contributed by atoms with van der Waals surface area (Å²) in [6, 6.07) is 2.01. The Morgan fingerprint density at radius 1 is 1.56 bits per heavy atom. The van der Waals surface area contributed by atoms with Gasteiger partial charge in [-0.1, -0.05) is 0 Å². The Morgan fingerprint density at radius 3 is 2.78 bits per heavy atom. The standard InChI is InChI=1S/C11H15NO5S/c1-16-9-4-3-8(17-9)10(13)12-7(11(14)15)5-6-18-2/h3-4,7H,5-6H2,1-2H3,(H,12,13)(H,14,15). The summed E-state index contributed by atoms with van der Waals surface area (Å²) in [7, 11) is 1.42. The molecule has 1 unspecified atom stereocenters. The number of carbonyl (C=O) groups excluding carboxylic acids is 1. The summed E-state index contributed by atoms with van der Waals surface area (Å²) in [4.78, 5) is 22.7. The Bertz CT molecular complexity index is 417. The van der Waals surface area contributed by atoms with Gasteiger partial charge in [0, 0.05) is 6.07 Å². The average molecular weight is 273 g/mol. The quantitative estimate of drug-likeness (QED) is 0.776. The van der Waals surface area contributed by atoms with Gasteiger partial charge in [0.2, 0.25) is 0 Å². The van der Waals surface area contributed by atoms with E-state index in [4.69, 9.17) is 14.3 Å². The molecule has 0 fully saturated rings. The molecule has 18 heavy (non-hydrogen) atoms. The minimum Gasteiger partial charge on any atom is -0.480 e. The van der Waals surface area contributed by atoms with Crippen LogP contribution in [0.3, 0.4) is 0 Å². The zero-order valence-electron chi connectivity index (χ0n) is 10.1. The number of aliphatic carboxylic acids is 1. The highest BCUT2D eigenvalue weighted by atomic mass is 32.2. The summed E-state index contributed by atoms with van der Waals surface area (Å²) in [6.07, 6.45) is 2.23. The summed E-state index contributed by atoms with van der Waals surface area (Å²) in [5.74, 6) is -0.736. The molecule has 6 nitrogen and oxygen atoms in total. The lowest BCUT2D eigenvalue weighted by Gasteiger charge is -2.12. The minimum absolute atomic E-state index is 0.0299. The summed E-state index contributed by atoms with van der Waals surface area (Å²) in [6.45, 7) is 0. The Labute approximate surface area is 109 Å². The number of rotatable bonds is 7. The van der Waals surface area contributed by atoms with Gasteiger partial charge < -0.3 is 19.6 Å². The van der Waals surface area contributed by atoms with E-state index in [1.807, 2.05) is 6.26 Å². The van der Waals surface area contributed by atoms with Crippen molar-refractivity contribution in [3.8, 4) is 5.95 Å². The second kappa shape index (κ2) is 6.95. The van der Waals surface area contributed by atoms with E-state index in [-0.39, 0.29) is 11.7 Å². The summed E-state index contributed by atoms with van der Waals surface area (Å²) in [5.41, 5.74) is 0. The molecule has 0 radical (unpaired) electrons. The molecule has 1 heterocycles. The third kappa shape index (κ3) is 3.99. The van der Waals surface area contributed by atoms with Crippen molar-refractivity contribution in [1.82, 2.24) is 5.32 Å². The van der Waals surface area contributed by atoms with Gasteiger partial charge in [0.1, 0.15) is 6.04 Å². The minimum atomic E-state index is -1.06. The van der Waals surface area contributed by atoms with E-state index in [0.717, 1.165) is 0 Å². The summed E-state index contributed by atoms with van der Waals surface area (Å²) >= 11 is 1.52. The SMILES string of the molecule is COc1ccc(C(=O)NC(CCSC)C(=O)O)o1. The van der Waals surface area contributed by atoms with Crippen LogP contribution >= 0.6 is 11.8 Å². The van der Waals surface area contributed by atoms with E-state index in [1.54, 1.807) is 0 Å². The van der Waals surface area contributed by atoms with Gasteiger partial charge in [-0.05, 0) is 24.5 Å². The number of furan rings is 1. The largest absolute Gasteiger partial charge is 0.480 e. The first-order valence-corrected chi connectivity index (χ1v) is 6.64. The molecule has 1 aromatic rings. The Morgan fingerprint density at radius 2 is 2.28 bits per heavy atom. The molecule has 0 aromatic carbocycles. The monoisotopic (exact) mass is 273 g/mol. The molecular formula is C11H15NO5S. The number of carboxylic acid groups (broad SMARTS) is 1. The molecule has 0 aliphatic heterocycles. The van der Waals surface area contributed by atoms with Crippen molar-refractivity contribution in [1.29, 1.82) is 0 Å². The lowest BCUT2D eigenvalue weighted by atomic mass is 10.2. The number of hydrogen-bond acceptors (Lipinski definition) is 5. The normalized spacial score (nSPS) is 11.9. The van der Waals surface area contributed by atoms with Gasteiger partial charge in [-0.15, -0.1) is 0 Å². The summed E-state index contributed by atoms with van der Waals surface area (Å²) in [5, 5.41) is 11.4. The van der Waals surface area contributed by atoms with Crippen LogP contribution in [0.15, 0.2) is 16.5 Å². The molecule has 1 amide bonds. The maximum absolute atomic E-state index is 11.7. The topological polar surface area (TPSA) is 88.8 Å².